The monoisotopic (exact) mass is 429 g/mol. The molecule has 0 saturated heterocycles. The van der Waals surface area contributed by atoms with E-state index in [4.69, 9.17) is 4.52 Å². The number of aromatic nitrogens is 2. The highest BCUT2D eigenvalue weighted by molar-refractivity contribution is 14.0. The Bertz CT molecular complexity index is 617. The molecule has 0 bridgehead atoms. The number of halogens is 1. The molecule has 0 aliphatic rings. The summed E-state index contributed by atoms with van der Waals surface area (Å²) < 4.78 is 5.17. The molecule has 126 valence electrons. The van der Waals surface area contributed by atoms with Crippen molar-refractivity contribution >= 4 is 29.9 Å². The van der Waals surface area contributed by atoms with Gasteiger partial charge in [0.15, 0.2) is 5.96 Å². The van der Waals surface area contributed by atoms with Crippen LogP contribution >= 0.6 is 24.0 Å². The lowest BCUT2D eigenvalue weighted by atomic mass is 10.2. The minimum atomic E-state index is 0. The Morgan fingerprint density at radius 1 is 1.22 bits per heavy atom. The topological polar surface area (TPSA) is 75.3 Å². The SMILES string of the molecule is CCNC(=NCc1ccc(C)nc1)NCc1c(C)noc1C.I. The fourth-order valence-electron chi connectivity index (χ4n) is 2.03. The first-order chi connectivity index (χ1) is 10.6. The van der Waals surface area contributed by atoms with Gasteiger partial charge in [0.05, 0.1) is 12.2 Å². The predicted molar refractivity (Wildman–Crippen MR) is 102 cm³/mol. The summed E-state index contributed by atoms with van der Waals surface area (Å²) in [4.78, 5) is 8.86. The molecule has 2 aromatic heterocycles. The maximum Gasteiger partial charge on any atom is 0.191 e. The zero-order chi connectivity index (χ0) is 15.9. The summed E-state index contributed by atoms with van der Waals surface area (Å²) in [5.74, 6) is 1.60. The Morgan fingerprint density at radius 2 is 2.00 bits per heavy atom. The molecule has 23 heavy (non-hydrogen) atoms. The second-order valence-electron chi connectivity index (χ2n) is 5.16. The molecular formula is C16H24IN5O. The molecule has 0 aromatic carbocycles. The van der Waals surface area contributed by atoms with Crippen LogP contribution in [0.25, 0.3) is 0 Å². The third-order valence-electron chi connectivity index (χ3n) is 3.35. The van der Waals surface area contributed by atoms with Crippen LogP contribution in [-0.4, -0.2) is 22.6 Å². The number of aryl methyl sites for hydroxylation is 3. The van der Waals surface area contributed by atoms with E-state index in [1.165, 1.54) is 0 Å². The Hall–Kier alpha value is -1.64. The van der Waals surface area contributed by atoms with E-state index in [1.807, 2.05) is 46.0 Å². The summed E-state index contributed by atoms with van der Waals surface area (Å²) >= 11 is 0. The first-order valence-corrected chi connectivity index (χ1v) is 7.45. The van der Waals surface area contributed by atoms with E-state index in [2.05, 4.69) is 25.8 Å². The van der Waals surface area contributed by atoms with E-state index in [1.54, 1.807) is 0 Å². The maximum absolute atomic E-state index is 5.17. The summed E-state index contributed by atoms with van der Waals surface area (Å²) in [5, 5.41) is 10.5. The molecule has 7 heteroatoms. The number of hydrogen-bond acceptors (Lipinski definition) is 4. The lowest BCUT2D eigenvalue weighted by Crippen LogP contribution is -2.37. The van der Waals surface area contributed by atoms with Crippen LogP contribution in [0.4, 0.5) is 0 Å². The number of hydrogen-bond donors (Lipinski definition) is 2. The fourth-order valence-corrected chi connectivity index (χ4v) is 2.03. The predicted octanol–water partition coefficient (Wildman–Crippen LogP) is 2.87. The van der Waals surface area contributed by atoms with Crippen LogP contribution in [0.3, 0.4) is 0 Å². The molecule has 0 spiro atoms. The van der Waals surface area contributed by atoms with Crippen molar-refractivity contribution in [2.24, 2.45) is 4.99 Å². The normalized spacial score (nSPS) is 11.0. The van der Waals surface area contributed by atoms with E-state index in [9.17, 15) is 0 Å². The highest BCUT2D eigenvalue weighted by Crippen LogP contribution is 2.11. The molecule has 2 aromatic rings. The third-order valence-corrected chi connectivity index (χ3v) is 3.35. The minimum Gasteiger partial charge on any atom is -0.361 e. The summed E-state index contributed by atoms with van der Waals surface area (Å²) in [6.07, 6.45) is 1.86. The van der Waals surface area contributed by atoms with E-state index in [-0.39, 0.29) is 24.0 Å². The molecule has 0 aliphatic carbocycles. The summed E-state index contributed by atoms with van der Waals surface area (Å²) in [7, 11) is 0. The second-order valence-corrected chi connectivity index (χ2v) is 5.16. The van der Waals surface area contributed by atoms with E-state index < -0.39 is 0 Å². The molecule has 0 aliphatic heterocycles. The average Bonchev–Trinajstić information content (AvgIpc) is 2.83. The van der Waals surface area contributed by atoms with E-state index >= 15 is 0 Å². The van der Waals surface area contributed by atoms with Crippen molar-refractivity contribution < 1.29 is 4.52 Å². The van der Waals surface area contributed by atoms with Crippen LogP contribution < -0.4 is 10.6 Å². The van der Waals surface area contributed by atoms with Gasteiger partial charge >= 0.3 is 0 Å². The fraction of sp³-hybridized carbons (Fsp3) is 0.438. The van der Waals surface area contributed by atoms with Gasteiger partial charge in [-0.15, -0.1) is 24.0 Å². The Labute approximate surface area is 154 Å². The second kappa shape index (κ2) is 9.49. The van der Waals surface area contributed by atoms with Crippen molar-refractivity contribution in [1.82, 2.24) is 20.8 Å². The van der Waals surface area contributed by atoms with Crippen LogP contribution in [0.2, 0.25) is 0 Å². The first kappa shape index (κ1) is 19.4. The number of nitrogens with zero attached hydrogens (tertiary/aromatic N) is 3. The van der Waals surface area contributed by atoms with Crippen molar-refractivity contribution in [3.05, 3.63) is 46.6 Å². The molecule has 0 fully saturated rings. The maximum atomic E-state index is 5.17. The zero-order valence-electron chi connectivity index (χ0n) is 14.0. The Balaban J connectivity index is 0.00000264. The minimum absolute atomic E-state index is 0. The van der Waals surface area contributed by atoms with Gasteiger partial charge in [0.2, 0.25) is 0 Å². The summed E-state index contributed by atoms with van der Waals surface area (Å²) in [5.41, 5.74) is 4.07. The molecule has 0 atom stereocenters. The third kappa shape index (κ3) is 5.81. The average molecular weight is 429 g/mol. The van der Waals surface area contributed by atoms with Crippen molar-refractivity contribution in [2.45, 2.75) is 40.8 Å². The quantitative estimate of drug-likeness (QED) is 0.435. The molecular weight excluding hydrogens is 405 g/mol. The van der Waals surface area contributed by atoms with Gasteiger partial charge in [0.1, 0.15) is 5.76 Å². The van der Waals surface area contributed by atoms with Crippen LogP contribution in [0.15, 0.2) is 27.8 Å². The van der Waals surface area contributed by atoms with Gasteiger partial charge in [-0.05, 0) is 39.3 Å². The summed E-state index contributed by atoms with van der Waals surface area (Å²) in [6.45, 7) is 9.90. The number of guanidine groups is 1. The van der Waals surface area contributed by atoms with Crippen LogP contribution in [0.1, 0.15) is 35.2 Å². The molecule has 0 amide bonds. The highest BCUT2D eigenvalue weighted by Gasteiger charge is 2.09. The number of nitrogens with one attached hydrogen (secondary N) is 2. The highest BCUT2D eigenvalue weighted by atomic mass is 127. The van der Waals surface area contributed by atoms with E-state index in [0.29, 0.717) is 13.1 Å². The zero-order valence-corrected chi connectivity index (χ0v) is 16.3. The van der Waals surface area contributed by atoms with Crippen molar-refractivity contribution in [2.75, 3.05) is 6.54 Å². The molecule has 6 nitrogen and oxygen atoms in total. The standard InChI is InChI=1S/C16H23N5O.HI/c1-5-17-16(19-9-14-7-6-11(2)18-8-14)20-10-15-12(3)21-22-13(15)4;/h6-8H,5,9-10H2,1-4H3,(H2,17,19,20);1H. The lowest BCUT2D eigenvalue weighted by molar-refractivity contribution is 0.392. The van der Waals surface area contributed by atoms with Gasteiger partial charge in [0, 0.05) is 30.5 Å². The van der Waals surface area contributed by atoms with Gasteiger partial charge in [-0.1, -0.05) is 11.2 Å². The molecule has 0 saturated carbocycles. The first-order valence-electron chi connectivity index (χ1n) is 7.45. The van der Waals surface area contributed by atoms with Gasteiger partial charge in [0.25, 0.3) is 0 Å². The molecule has 0 unspecified atom stereocenters. The summed E-state index contributed by atoms with van der Waals surface area (Å²) in [6, 6.07) is 4.04. The van der Waals surface area contributed by atoms with Gasteiger partial charge in [-0.3, -0.25) is 4.98 Å². The van der Waals surface area contributed by atoms with Crippen molar-refractivity contribution in [1.29, 1.82) is 0 Å². The van der Waals surface area contributed by atoms with Gasteiger partial charge < -0.3 is 15.2 Å². The smallest absolute Gasteiger partial charge is 0.191 e. The Kier molecular flexibility index (Phi) is 8.01. The van der Waals surface area contributed by atoms with Crippen LogP contribution in [0.5, 0.6) is 0 Å². The Morgan fingerprint density at radius 3 is 2.57 bits per heavy atom. The number of aliphatic imine (C=N–C) groups is 1. The number of rotatable bonds is 5. The van der Waals surface area contributed by atoms with Crippen molar-refractivity contribution in [3.8, 4) is 0 Å². The van der Waals surface area contributed by atoms with E-state index in [0.717, 1.165) is 40.8 Å². The van der Waals surface area contributed by atoms with Gasteiger partial charge in [-0.2, -0.15) is 0 Å². The number of pyridine rings is 1. The molecule has 2 rings (SSSR count). The molecule has 2 N–H and O–H groups in total. The van der Waals surface area contributed by atoms with Crippen LogP contribution in [-0.2, 0) is 13.1 Å². The lowest BCUT2D eigenvalue weighted by Gasteiger charge is -2.11. The van der Waals surface area contributed by atoms with Gasteiger partial charge in [-0.25, -0.2) is 4.99 Å². The van der Waals surface area contributed by atoms with Crippen molar-refractivity contribution in [3.63, 3.8) is 0 Å². The van der Waals surface area contributed by atoms with Crippen LogP contribution in [0, 0.1) is 20.8 Å². The molecule has 0 radical (unpaired) electrons. The largest absolute Gasteiger partial charge is 0.361 e. The molecule has 2 heterocycles.